The Bertz CT molecular complexity index is 559. The summed E-state index contributed by atoms with van der Waals surface area (Å²) in [7, 11) is 0. The first kappa shape index (κ1) is 13.3. The lowest BCUT2D eigenvalue weighted by Gasteiger charge is -2.12. The summed E-state index contributed by atoms with van der Waals surface area (Å²) in [5.74, 6) is -0.190. The Morgan fingerprint density at radius 1 is 1.37 bits per heavy atom. The zero-order valence-electron chi connectivity index (χ0n) is 11.1. The molecule has 5 heteroatoms. The van der Waals surface area contributed by atoms with E-state index in [0.29, 0.717) is 6.54 Å². The SMILES string of the molecule is Cc1ccc(C(N)C(=O)NCc2cn[nH]c2C)cc1. The van der Waals surface area contributed by atoms with Crippen LogP contribution in [-0.4, -0.2) is 16.1 Å². The van der Waals surface area contributed by atoms with Gasteiger partial charge in [0.15, 0.2) is 0 Å². The van der Waals surface area contributed by atoms with Gasteiger partial charge in [-0.05, 0) is 19.4 Å². The van der Waals surface area contributed by atoms with E-state index >= 15 is 0 Å². The molecule has 0 saturated heterocycles. The summed E-state index contributed by atoms with van der Waals surface area (Å²) in [6, 6.07) is 7.00. The van der Waals surface area contributed by atoms with E-state index in [4.69, 9.17) is 5.73 Å². The highest BCUT2D eigenvalue weighted by Crippen LogP contribution is 2.12. The molecule has 2 rings (SSSR count). The van der Waals surface area contributed by atoms with Crippen LogP contribution in [0.2, 0.25) is 0 Å². The molecule has 1 heterocycles. The minimum atomic E-state index is -0.646. The quantitative estimate of drug-likeness (QED) is 0.774. The van der Waals surface area contributed by atoms with Crippen LogP contribution in [0.1, 0.15) is 28.4 Å². The Balaban J connectivity index is 1.96. The van der Waals surface area contributed by atoms with Crippen LogP contribution in [-0.2, 0) is 11.3 Å². The molecule has 19 heavy (non-hydrogen) atoms. The number of nitrogens with zero attached hydrogens (tertiary/aromatic N) is 1. The largest absolute Gasteiger partial charge is 0.350 e. The van der Waals surface area contributed by atoms with Crippen LogP contribution in [0, 0.1) is 13.8 Å². The minimum absolute atomic E-state index is 0.190. The summed E-state index contributed by atoms with van der Waals surface area (Å²) in [6.45, 7) is 4.34. The second-order valence-electron chi connectivity index (χ2n) is 4.63. The van der Waals surface area contributed by atoms with Crippen molar-refractivity contribution in [2.24, 2.45) is 5.73 Å². The van der Waals surface area contributed by atoms with E-state index in [1.165, 1.54) is 0 Å². The van der Waals surface area contributed by atoms with Gasteiger partial charge in [-0.3, -0.25) is 9.89 Å². The van der Waals surface area contributed by atoms with Crippen LogP contribution in [0.3, 0.4) is 0 Å². The van der Waals surface area contributed by atoms with Crippen molar-refractivity contribution in [3.8, 4) is 0 Å². The number of rotatable bonds is 4. The van der Waals surface area contributed by atoms with Crippen molar-refractivity contribution in [1.29, 1.82) is 0 Å². The van der Waals surface area contributed by atoms with Crippen LogP contribution < -0.4 is 11.1 Å². The maximum Gasteiger partial charge on any atom is 0.241 e. The van der Waals surface area contributed by atoms with Crippen molar-refractivity contribution in [3.63, 3.8) is 0 Å². The van der Waals surface area contributed by atoms with Crippen molar-refractivity contribution in [2.75, 3.05) is 0 Å². The average Bonchev–Trinajstić information content (AvgIpc) is 2.81. The molecule has 2 aromatic rings. The minimum Gasteiger partial charge on any atom is -0.350 e. The van der Waals surface area contributed by atoms with E-state index in [-0.39, 0.29) is 5.91 Å². The van der Waals surface area contributed by atoms with Gasteiger partial charge in [0.1, 0.15) is 6.04 Å². The molecular formula is C14H18N4O. The van der Waals surface area contributed by atoms with E-state index in [1.807, 2.05) is 38.1 Å². The van der Waals surface area contributed by atoms with Gasteiger partial charge >= 0.3 is 0 Å². The zero-order valence-corrected chi connectivity index (χ0v) is 11.1. The predicted octanol–water partition coefficient (Wildman–Crippen LogP) is 1.34. The highest BCUT2D eigenvalue weighted by molar-refractivity contribution is 5.82. The number of carbonyl (C=O) groups is 1. The predicted molar refractivity (Wildman–Crippen MR) is 73.3 cm³/mol. The van der Waals surface area contributed by atoms with E-state index in [9.17, 15) is 4.79 Å². The van der Waals surface area contributed by atoms with Gasteiger partial charge in [-0.1, -0.05) is 29.8 Å². The van der Waals surface area contributed by atoms with Crippen LogP contribution in [0.5, 0.6) is 0 Å². The van der Waals surface area contributed by atoms with Gasteiger partial charge < -0.3 is 11.1 Å². The number of nitrogens with two attached hydrogens (primary N) is 1. The highest BCUT2D eigenvalue weighted by atomic mass is 16.2. The molecular weight excluding hydrogens is 240 g/mol. The third-order valence-electron chi connectivity index (χ3n) is 3.11. The van der Waals surface area contributed by atoms with Crippen LogP contribution in [0.4, 0.5) is 0 Å². The lowest BCUT2D eigenvalue weighted by atomic mass is 10.1. The standard InChI is InChI=1S/C14H18N4O/c1-9-3-5-11(6-4-9)13(15)14(19)16-7-12-8-17-18-10(12)2/h3-6,8,13H,7,15H2,1-2H3,(H,16,19)(H,17,18). The number of carbonyl (C=O) groups excluding carboxylic acids is 1. The van der Waals surface area contributed by atoms with Crippen LogP contribution in [0.15, 0.2) is 30.5 Å². The first-order valence-corrected chi connectivity index (χ1v) is 6.16. The summed E-state index contributed by atoms with van der Waals surface area (Å²) in [6.07, 6.45) is 1.70. The maximum atomic E-state index is 12.0. The summed E-state index contributed by atoms with van der Waals surface area (Å²) < 4.78 is 0. The van der Waals surface area contributed by atoms with Crippen molar-refractivity contribution in [2.45, 2.75) is 26.4 Å². The molecule has 1 atom stereocenters. The van der Waals surface area contributed by atoms with Gasteiger partial charge in [0.2, 0.25) is 5.91 Å². The average molecular weight is 258 g/mol. The first-order chi connectivity index (χ1) is 9.08. The molecule has 1 aromatic heterocycles. The fourth-order valence-electron chi connectivity index (χ4n) is 1.77. The number of H-pyrrole nitrogens is 1. The molecule has 4 N–H and O–H groups in total. The lowest BCUT2D eigenvalue weighted by molar-refractivity contribution is -0.122. The number of amides is 1. The van der Waals surface area contributed by atoms with Gasteiger partial charge in [-0.2, -0.15) is 5.10 Å². The maximum absolute atomic E-state index is 12.0. The normalized spacial score (nSPS) is 12.2. The smallest absolute Gasteiger partial charge is 0.241 e. The van der Waals surface area contributed by atoms with Gasteiger partial charge in [0.25, 0.3) is 0 Å². The second-order valence-corrected chi connectivity index (χ2v) is 4.63. The molecule has 0 spiro atoms. The number of aromatic nitrogens is 2. The Hall–Kier alpha value is -2.14. The first-order valence-electron chi connectivity index (χ1n) is 6.16. The highest BCUT2D eigenvalue weighted by Gasteiger charge is 2.15. The van der Waals surface area contributed by atoms with Crippen LogP contribution in [0.25, 0.3) is 0 Å². The molecule has 1 aromatic carbocycles. The lowest BCUT2D eigenvalue weighted by Crippen LogP contribution is -2.33. The molecule has 0 aliphatic carbocycles. The number of aryl methyl sites for hydroxylation is 2. The van der Waals surface area contributed by atoms with Gasteiger partial charge in [0.05, 0.1) is 6.20 Å². The fourth-order valence-corrected chi connectivity index (χ4v) is 1.77. The summed E-state index contributed by atoms with van der Waals surface area (Å²) >= 11 is 0. The molecule has 1 unspecified atom stereocenters. The Kier molecular flexibility index (Phi) is 3.97. The van der Waals surface area contributed by atoms with E-state index in [0.717, 1.165) is 22.4 Å². The number of hydrogen-bond acceptors (Lipinski definition) is 3. The fraction of sp³-hybridized carbons (Fsp3) is 0.286. The molecule has 0 bridgehead atoms. The summed E-state index contributed by atoms with van der Waals surface area (Å²) in [4.78, 5) is 12.0. The molecule has 5 nitrogen and oxygen atoms in total. The van der Waals surface area contributed by atoms with Crippen molar-refractivity contribution in [3.05, 3.63) is 52.8 Å². The second kappa shape index (κ2) is 5.67. The summed E-state index contributed by atoms with van der Waals surface area (Å²) in [5.41, 5.74) is 9.80. The molecule has 1 amide bonds. The number of benzene rings is 1. The number of hydrogen-bond donors (Lipinski definition) is 3. The molecule has 0 aliphatic heterocycles. The topological polar surface area (TPSA) is 83.8 Å². The van der Waals surface area contributed by atoms with E-state index in [1.54, 1.807) is 6.20 Å². The number of aromatic amines is 1. The van der Waals surface area contributed by atoms with Crippen molar-refractivity contribution >= 4 is 5.91 Å². The molecule has 100 valence electrons. The molecule has 0 fully saturated rings. The summed E-state index contributed by atoms with van der Waals surface area (Å²) in [5, 5.41) is 9.55. The van der Waals surface area contributed by atoms with Gasteiger partial charge in [-0.15, -0.1) is 0 Å². The van der Waals surface area contributed by atoms with Gasteiger partial charge in [0, 0.05) is 17.8 Å². The third kappa shape index (κ3) is 3.20. The molecule has 0 radical (unpaired) electrons. The Labute approximate surface area is 112 Å². The third-order valence-corrected chi connectivity index (χ3v) is 3.11. The van der Waals surface area contributed by atoms with Crippen molar-refractivity contribution < 1.29 is 4.79 Å². The monoisotopic (exact) mass is 258 g/mol. The Morgan fingerprint density at radius 3 is 2.63 bits per heavy atom. The molecule has 0 aliphatic rings. The zero-order chi connectivity index (χ0) is 13.8. The Morgan fingerprint density at radius 2 is 2.05 bits per heavy atom. The van der Waals surface area contributed by atoms with Gasteiger partial charge in [-0.25, -0.2) is 0 Å². The number of nitrogens with one attached hydrogen (secondary N) is 2. The molecule has 0 saturated carbocycles. The van der Waals surface area contributed by atoms with E-state index in [2.05, 4.69) is 15.5 Å². The van der Waals surface area contributed by atoms with Crippen molar-refractivity contribution in [1.82, 2.24) is 15.5 Å². The van der Waals surface area contributed by atoms with E-state index < -0.39 is 6.04 Å². The van der Waals surface area contributed by atoms with Crippen LogP contribution >= 0.6 is 0 Å².